The molecule has 1 aliphatic heterocycles. The quantitative estimate of drug-likeness (QED) is 0.741. The number of ether oxygens (including phenoxy) is 1. The van der Waals surface area contributed by atoms with E-state index < -0.39 is 15.9 Å². The molecule has 1 heterocycles. The van der Waals surface area contributed by atoms with Gasteiger partial charge in [-0.05, 0) is 50.1 Å². The Morgan fingerprint density at radius 1 is 1.25 bits per heavy atom. The second kappa shape index (κ2) is 8.94. The van der Waals surface area contributed by atoms with Gasteiger partial charge in [-0.25, -0.2) is 8.42 Å². The molecule has 0 radical (unpaired) electrons. The van der Waals surface area contributed by atoms with E-state index >= 15 is 0 Å². The predicted octanol–water partition coefficient (Wildman–Crippen LogP) is 3.46. The van der Waals surface area contributed by atoms with Crippen LogP contribution in [0.25, 0.3) is 0 Å². The summed E-state index contributed by atoms with van der Waals surface area (Å²) in [6.07, 6.45) is 1.86. The summed E-state index contributed by atoms with van der Waals surface area (Å²) in [5, 5.41) is 2.98. The first kappa shape index (κ1) is 20.6. The van der Waals surface area contributed by atoms with Crippen LogP contribution >= 0.6 is 11.6 Å². The molecule has 1 atom stereocenters. The van der Waals surface area contributed by atoms with Crippen molar-refractivity contribution in [3.05, 3.63) is 59.1 Å². The normalized spacial score (nSPS) is 16.7. The van der Waals surface area contributed by atoms with Crippen LogP contribution < -0.4 is 9.62 Å². The molecule has 0 unspecified atom stereocenters. The number of carbonyl (C=O) groups excluding carboxylic acids is 1. The molecule has 1 amide bonds. The van der Waals surface area contributed by atoms with Gasteiger partial charge in [0, 0.05) is 19.7 Å². The van der Waals surface area contributed by atoms with Crippen molar-refractivity contribution >= 4 is 33.2 Å². The van der Waals surface area contributed by atoms with Crippen LogP contribution in [0.3, 0.4) is 0 Å². The van der Waals surface area contributed by atoms with E-state index in [4.69, 9.17) is 16.3 Å². The van der Waals surface area contributed by atoms with Crippen molar-refractivity contribution < 1.29 is 17.9 Å². The van der Waals surface area contributed by atoms with Crippen molar-refractivity contribution in [2.24, 2.45) is 0 Å². The number of carbonyl (C=O) groups is 1. The summed E-state index contributed by atoms with van der Waals surface area (Å²) in [4.78, 5) is 12.6. The van der Waals surface area contributed by atoms with Crippen LogP contribution in [0.5, 0.6) is 0 Å². The summed E-state index contributed by atoms with van der Waals surface area (Å²) in [6.45, 7) is 3.09. The molecule has 6 nitrogen and oxygen atoms in total. The maximum Gasteiger partial charge on any atom is 0.264 e. The van der Waals surface area contributed by atoms with E-state index in [1.54, 1.807) is 31.2 Å². The molecule has 28 heavy (non-hydrogen) atoms. The van der Waals surface area contributed by atoms with Crippen molar-refractivity contribution in [1.29, 1.82) is 0 Å². The number of para-hydroxylation sites is 1. The number of nitrogens with one attached hydrogen (secondary N) is 1. The maximum atomic E-state index is 13.1. The van der Waals surface area contributed by atoms with Gasteiger partial charge in [-0.3, -0.25) is 9.10 Å². The van der Waals surface area contributed by atoms with E-state index in [2.05, 4.69) is 5.32 Å². The molecule has 2 aromatic carbocycles. The molecule has 1 fully saturated rings. The summed E-state index contributed by atoms with van der Waals surface area (Å²) in [5.41, 5.74) is 0.689. The van der Waals surface area contributed by atoms with Gasteiger partial charge in [-0.1, -0.05) is 29.8 Å². The molecule has 0 saturated carbocycles. The first-order valence-electron chi connectivity index (χ1n) is 9.20. The fraction of sp³-hybridized carbons (Fsp3) is 0.350. The topological polar surface area (TPSA) is 75.7 Å². The van der Waals surface area contributed by atoms with E-state index in [9.17, 15) is 13.2 Å². The SMILES string of the molecule is CCN(c1ccccc1)S(=O)(=O)c1ccc(Cl)c(C(=O)NC[C@@H]2CCCO2)c1. The van der Waals surface area contributed by atoms with Crippen LogP contribution in [0.2, 0.25) is 5.02 Å². The zero-order valence-corrected chi connectivity index (χ0v) is 17.2. The van der Waals surface area contributed by atoms with Crippen molar-refractivity contribution in [2.75, 3.05) is 24.0 Å². The molecule has 1 saturated heterocycles. The number of benzene rings is 2. The summed E-state index contributed by atoms with van der Waals surface area (Å²) >= 11 is 6.17. The van der Waals surface area contributed by atoms with E-state index in [1.807, 2.05) is 6.07 Å². The molecule has 0 aromatic heterocycles. The number of hydrogen-bond donors (Lipinski definition) is 1. The highest BCUT2D eigenvalue weighted by Gasteiger charge is 2.26. The van der Waals surface area contributed by atoms with E-state index in [0.29, 0.717) is 18.8 Å². The zero-order valence-electron chi connectivity index (χ0n) is 15.6. The lowest BCUT2D eigenvalue weighted by molar-refractivity contribution is 0.0857. The summed E-state index contributed by atoms with van der Waals surface area (Å²) < 4.78 is 33.1. The molecule has 1 aliphatic rings. The highest BCUT2D eigenvalue weighted by Crippen LogP contribution is 2.26. The molecule has 1 N–H and O–H groups in total. The van der Waals surface area contributed by atoms with E-state index in [-0.39, 0.29) is 28.1 Å². The third-order valence-corrected chi connectivity index (χ3v) is 6.84. The molecule has 3 rings (SSSR count). The number of halogens is 1. The summed E-state index contributed by atoms with van der Waals surface area (Å²) in [6, 6.07) is 13.0. The Morgan fingerprint density at radius 3 is 2.64 bits per heavy atom. The maximum absolute atomic E-state index is 13.1. The highest BCUT2D eigenvalue weighted by atomic mass is 35.5. The Balaban J connectivity index is 1.85. The molecule has 0 bridgehead atoms. The number of nitrogens with zero attached hydrogens (tertiary/aromatic N) is 1. The standard InChI is InChI=1S/C20H23ClN2O4S/c1-2-23(15-7-4-3-5-8-15)28(25,26)17-10-11-19(21)18(13-17)20(24)22-14-16-9-6-12-27-16/h3-5,7-8,10-11,13,16H,2,6,9,12,14H2,1H3,(H,22,24)/t16-/m0/s1. The van der Waals surface area contributed by atoms with Gasteiger partial charge in [0.05, 0.1) is 27.3 Å². The molecular weight excluding hydrogens is 400 g/mol. The zero-order chi connectivity index (χ0) is 20.1. The Bertz CT molecular complexity index is 928. The molecular formula is C20H23ClN2O4S. The van der Waals surface area contributed by atoms with Gasteiger partial charge in [0.1, 0.15) is 0 Å². The predicted molar refractivity (Wildman–Crippen MR) is 109 cm³/mol. The number of anilines is 1. The van der Waals surface area contributed by atoms with Gasteiger partial charge in [0.2, 0.25) is 0 Å². The third kappa shape index (κ3) is 4.48. The lowest BCUT2D eigenvalue weighted by Crippen LogP contribution is -2.33. The van der Waals surface area contributed by atoms with Crippen LogP contribution in [0.4, 0.5) is 5.69 Å². The molecule has 2 aromatic rings. The minimum atomic E-state index is -3.84. The third-order valence-electron chi connectivity index (χ3n) is 4.62. The van der Waals surface area contributed by atoms with Crippen LogP contribution in [0, 0.1) is 0 Å². The molecule has 150 valence electrons. The lowest BCUT2D eigenvalue weighted by Gasteiger charge is -2.23. The molecule has 8 heteroatoms. The van der Waals surface area contributed by atoms with Crippen molar-refractivity contribution in [1.82, 2.24) is 5.32 Å². The second-order valence-electron chi connectivity index (χ2n) is 6.49. The van der Waals surface area contributed by atoms with Crippen molar-refractivity contribution in [3.8, 4) is 0 Å². The van der Waals surface area contributed by atoms with Crippen LogP contribution in [0.15, 0.2) is 53.4 Å². The lowest BCUT2D eigenvalue weighted by atomic mass is 10.2. The highest BCUT2D eigenvalue weighted by molar-refractivity contribution is 7.92. The van der Waals surface area contributed by atoms with Gasteiger partial charge >= 0.3 is 0 Å². The van der Waals surface area contributed by atoms with E-state index in [1.165, 1.54) is 22.5 Å². The summed E-state index contributed by atoms with van der Waals surface area (Å²) in [7, 11) is -3.84. The Kier molecular flexibility index (Phi) is 6.59. The Morgan fingerprint density at radius 2 is 2.00 bits per heavy atom. The van der Waals surface area contributed by atoms with Gasteiger partial charge in [0.15, 0.2) is 0 Å². The monoisotopic (exact) mass is 422 g/mol. The Labute approximate surface area is 170 Å². The van der Waals surface area contributed by atoms with Crippen LogP contribution in [0.1, 0.15) is 30.1 Å². The van der Waals surface area contributed by atoms with Crippen LogP contribution in [-0.4, -0.2) is 40.1 Å². The average Bonchev–Trinajstić information content (AvgIpc) is 3.21. The van der Waals surface area contributed by atoms with E-state index in [0.717, 1.165) is 12.8 Å². The number of rotatable bonds is 7. The van der Waals surface area contributed by atoms with Crippen molar-refractivity contribution in [3.63, 3.8) is 0 Å². The van der Waals surface area contributed by atoms with Gasteiger partial charge in [0.25, 0.3) is 15.9 Å². The largest absolute Gasteiger partial charge is 0.376 e. The minimum absolute atomic E-state index is 0.0108. The first-order valence-corrected chi connectivity index (χ1v) is 11.0. The smallest absolute Gasteiger partial charge is 0.264 e. The molecule has 0 aliphatic carbocycles. The van der Waals surface area contributed by atoms with Crippen molar-refractivity contribution in [2.45, 2.75) is 30.8 Å². The molecule has 0 spiro atoms. The number of sulfonamides is 1. The van der Waals surface area contributed by atoms with Crippen LogP contribution in [-0.2, 0) is 14.8 Å². The summed E-state index contributed by atoms with van der Waals surface area (Å²) in [5.74, 6) is -0.416. The first-order chi connectivity index (χ1) is 13.4. The fourth-order valence-electron chi connectivity index (χ4n) is 3.16. The fourth-order valence-corrected chi connectivity index (χ4v) is 4.86. The number of amides is 1. The van der Waals surface area contributed by atoms with Gasteiger partial charge < -0.3 is 10.1 Å². The average molecular weight is 423 g/mol. The number of hydrogen-bond acceptors (Lipinski definition) is 4. The Hall–Kier alpha value is -2.09. The second-order valence-corrected chi connectivity index (χ2v) is 8.76. The minimum Gasteiger partial charge on any atom is -0.376 e. The van der Waals surface area contributed by atoms with Gasteiger partial charge in [-0.15, -0.1) is 0 Å². The van der Waals surface area contributed by atoms with Gasteiger partial charge in [-0.2, -0.15) is 0 Å².